The summed E-state index contributed by atoms with van der Waals surface area (Å²) < 4.78 is 1.17. The van der Waals surface area contributed by atoms with Crippen LogP contribution in [0.5, 0.6) is 0 Å². The Morgan fingerprint density at radius 2 is 2.11 bits per heavy atom. The van der Waals surface area contributed by atoms with E-state index < -0.39 is 0 Å². The van der Waals surface area contributed by atoms with Crippen LogP contribution in [-0.2, 0) is 6.42 Å². The highest BCUT2D eigenvalue weighted by Gasteiger charge is 2.19. The van der Waals surface area contributed by atoms with Crippen LogP contribution in [0.3, 0.4) is 0 Å². The molecule has 0 aliphatic rings. The third kappa shape index (κ3) is 6.32. The quantitative estimate of drug-likeness (QED) is 0.600. The molecule has 3 N–H and O–H groups in total. The van der Waals surface area contributed by atoms with Crippen molar-refractivity contribution in [2.45, 2.75) is 53.0 Å². The van der Waals surface area contributed by atoms with E-state index in [9.17, 15) is 0 Å². The maximum atomic E-state index is 5.68. The Labute approximate surface area is 123 Å². The van der Waals surface area contributed by atoms with Crippen molar-refractivity contribution in [3.8, 4) is 0 Å². The highest BCUT2D eigenvalue weighted by atomic mass is 79.9. The van der Waals surface area contributed by atoms with Gasteiger partial charge in [0.15, 0.2) is 0 Å². The van der Waals surface area contributed by atoms with Crippen LogP contribution in [0.4, 0.5) is 0 Å². The molecule has 0 radical (unpaired) electrons. The first-order valence-corrected chi connectivity index (χ1v) is 8.16. The molecule has 0 saturated heterocycles. The van der Waals surface area contributed by atoms with Gasteiger partial charge < -0.3 is 0 Å². The van der Waals surface area contributed by atoms with E-state index in [0.29, 0.717) is 17.4 Å². The predicted octanol–water partition coefficient (Wildman–Crippen LogP) is 4.35. The summed E-state index contributed by atoms with van der Waals surface area (Å²) in [5.74, 6) is 6.37. The lowest BCUT2D eigenvalue weighted by Gasteiger charge is -2.26. The zero-order chi connectivity index (χ0) is 13.8. The Kier molecular flexibility index (Phi) is 6.31. The van der Waals surface area contributed by atoms with Crippen LogP contribution in [0, 0.1) is 11.3 Å². The zero-order valence-corrected chi connectivity index (χ0v) is 14.2. The summed E-state index contributed by atoms with van der Waals surface area (Å²) in [5, 5.41) is 2.13. The summed E-state index contributed by atoms with van der Waals surface area (Å²) in [6.45, 7) is 9.21. The third-order valence-electron chi connectivity index (χ3n) is 2.95. The van der Waals surface area contributed by atoms with Crippen LogP contribution < -0.4 is 11.3 Å². The van der Waals surface area contributed by atoms with Crippen molar-refractivity contribution in [1.82, 2.24) is 5.43 Å². The molecule has 1 aromatic rings. The number of hydrogen-bond acceptors (Lipinski definition) is 3. The molecule has 0 spiro atoms. The number of nitrogens with one attached hydrogen (secondary N) is 1. The third-order valence-corrected chi connectivity index (χ3v) is 4.67. The highest BCUT2D eigenvalue weighted by molar-refractivity contribution is 9.10. The van der Waals surface area contributed by atoms with Gasteiger partial charge >= 0.3 is 0 Å². The Balaban J connectivity index is 2.46. The van der Waals surface area contributed by atoms with Crippen LogP contribution in [0.1, 0.15) is 45.4 Å². The van der Waals surface area contributed by atoms with Gasteiger partial charge in [0, 0.05) is 20.8 Å². The van der Waals surface area contributed by atoms with Crippen molar-refractivity contribution in [1.29, 1.82) is 0 Å². The lowest BCUT2D eigenvalue weighted by atomic mass is 9.82. The molecule has 18 heavy (non-hydrogen) atoms. The van der Waals surface area contributed by atoms with E-state index in [1.165, 1.54) is 15.8 Å². The first-order valence-electron chi connectivity index (χ1n) is 6.49. The van der Waals surface area contributed by atoms with Crippen molar-refractivity contribution >= 4 is 27.3 Å². The molecule has 0 aliphatic carbocycles. The number of hydrogen-bond donors (Lipinski definition) is 2. The summed E-state index contributed by atoms with van der Waals surface area (Å²) in [4.78, 5) is 1.38. The summed E-state index contributed by atoms with van der Waals surface area (Å²) in [6.07, 6.45) is 3.38. The molecular weight excluding hydrogens is 308 g/mol. The Morgan fingerprint density at radius 1 is 1.44 bits per heavy atom. The standard InChI is InChI=1S/C14H25BrN2S/c1-10(8-14(2,3)4)5-12(17-16)7-13-6-11(15)9-18-13/h6,9-10,12,17H,5,7-8,16H2,1-4H3. The Hall–Kier alpha value is 0.1000. The normalized spacial score (nSPS) is 15.7. The second-order valence-corrected chi connectivity index (χ2v) is 8.32. The molecule has 2 unspecified atom stereocenters. The molecule has 1 heterocycles. The smallest absolute Gasteiger partial charge is 0.0285 e. The zero-order valence-electron chi connectivity index (χ0n) is 11.8. The molecule has 0 bridgehead atoms. The number of rotatable bonds is 6. The summed E-state index contributed by atoms with van der Waals surface area (Å²) in [5.41, 5.74) is 3.36. The van der Waals surface area contributed by atoms with Gasteiger partial charge in [0.05, 0.1) is 0 Å². The van der Waals surface area contributed by atoms with Crippen LogP contribution in [0.25, 0.3) is 0 Å². The van der Waals surface area contributed by atoms with Crippen molar-refractivity contribution in [2.75, 3.05) is 0 Å². The minimum atomic E-state index is 0.368. The highest BCUT2D eigenvalue weighted by Crippen LogP contribution is 2.28. The SMILES string of the molecule is CC(CC(Cc1cc(Br)cs1)NN)CC(C)(C)C. The monoisotopic (exact) mass is 332 g/mol. The topological polar surface area (TPSA) is 38.0 Å². The van der Waals surface area contributed by atoms with Gasteiger partial charge in [-0.15, -0.1) is 11.3 Å². The van der Waals surface area contributed by atoms with E-state index in [4.69, 9.17) is 5.84 Å². The van der Waals surface area contributed by atoms with E-state index in [2.05, 4.69) is 60.5 Å². The largest absolute Gasteiger partial charge is 0.271 e. The Morgan fingerprint density at radius 3 is 2.56 bits per heavy atom. The van der Waals surface area contributed by atoms with Gasteiger partial charge in [0.25, 0.3) is 0 Å². The maximum absolute atomic E-state index is 5.68. The number of thiophene rings is 1. The van der Waals surface area contributed by atoms with Crippen LogP contribution >= 0.6 is 27.3 Å². The molecule has 1 aromatic heterocycles. The fourth-order valence-electron chi connectivity index (χ4n) is 2.53. The van der Waals surface area contributed by atoms with Crippen molar-refractivity contribution in [2.24, 2.45) is 17.2 Å². The molecule has 2 atom stereocenters. The second-order valence-electron chi connectivity index (χ2n) is 6.40. The van der Waals surface area contributed by atoms with E-state index in [1.54, 1.807) is 11.3 Å². The van der Waals surface area contributed by atoms with Crippen molar-refractivity contribution in [3.63, 3.8) is 0 Å². The van der Waals surface area contributed by atoms with Gasteiger partial charge in [-0.3, -0.25) is 11.3 Å². The van der Waals surface area contributed by atoms with Crippen LogP contribution in [0.2, 0.25) is 0 Å². The van der Waals surface area contributed by atoms with Gasteiger partial charge in [-0.1, -0.05) is 27.7 Å². The lowest BCUT2D eigenvalue weighted by molar-refractivity contribution is 0.275. The lowest BCUT2D eigenvalue weighted by Crippen LogP contribution is -2.38. The van der Waals surface area contributed by atoms with Gasteiger partial charge in [0.1, 0.15) is 0 Å². The number of halogens is 1. The molecule has 0 aromatic carbocycles. The first kappa shape index (κ1) is 16.2. The second kappa shape index (κ2) is 7.04. The molecule has 2 nitrogen and oxygen atoms in total. The minimum absolute atomic E-state index is 0.368. The average Bonchev–Trinajstić information content (AvgIpc) is 2.60. The van der Waals surface area contributed by atoms with E-state index >= 15 is 0 Å². The summed E-state index contributed by atoms with van der Waals surface area (Å²) in [7, 11) is 0. The van der Waals surface area contributed by atoms with Gasteiger partial charge in [-0.05, 0) is 52.6 Å². The van der Waals surface area contributed by atoms with E-state index in [1.807, 2.05) is 0 Å². The molecule has 0 fully saturated rings. The molecular formula is C14H25BrN2S. The maximum Gasteiger partial charge on any atom is 0.0285 e. The number of hydrazine groups is 1. The summed E-state index contributed by atoms with van der Waals surface area (Å²) in [6, 6.07) is 2.55. The number of nitrogens with two attached hydrogens (primary N) is 1. The van der Waals surface area contributed by atoms with Crippen LogP contribution in [0.15, 0.2) is 15.9 Å². The van der Waals surface area contributed by atoms with Crippen molar-refractivity contribution < 1.29 is 0 Å². The molecule has 0 aliphatic heterocycles. The van der Waals surface area contributed by atoms with Gasteiger partial charge in [-0.25, -0.2) is 0 Å². The molecule has 104 valence electrons. The van der Waals surface area contributed by atoms with Crippen LogP contribution in [-0.4, -0.2) is 6.04 Å². The van der Waals surface area contributed by atoms with E-state index in [0.717, 1.165) is 12.8 Å². The molecule has 0 saturated carbocycles. The average molecular weight is 333 g/mol. The first-order chi connectivity index (χ1) is 8.30. The van der Waals surface area contributed by atoms with E-state index in [-0.39, 0.29) is 0 Å². The fraction of sp³-hybridized carbons (Fsp3) is 0.714. The fourth-order valence-corrected chi connectivity index (χ4v) is 4.06. The molecule has 1 rings (SSSR count). The van der Waals surface area contributed by atoms with Gasteiger partial charge in [0.2, 0.25) is 0 Å². The molecule has 4 heteroatoms. The predicted molar refractivity (Wildman–Crippen MR) is 84.7 cm³/mol. The van der Waals surface area contributed by atoms with Crippen molar-refractivity contribution in [3.05, 3.63) is 20.8 Å². The summed E-state index contributed by atoms with van der Waals surface area (Å²) >= 11 is 5.28. The minimum Gasteiger partial charge on any atom is -0.271 e. The molecule has 0 amide bonds. The van der Waals surface area contributed by atoms with Gasteiger partial charge in [-0.2, -0.15) is 0 Å². The Bertz CT molecular complexity index is 357.